The third-order valence-electron chi connectivity index (χ3n) is 3.41. The van der Waals surface area contributed by atoms with E-state index in [2.05, 4.69) is 73.7 Å². The minimum Gasteiger partial charge on any atom is -0.0622 e. The summed E-state index contributed by atoms with van der Waals surface area (Å²) in [4.78, 5) is 0. The van der Waals surface area contributed by atoms with Crippen molar-refractivity contribution in [2.45, 2.75) is 13.3 Å². The maximum atomic E-state index is 2.30. The fraction of sp³-hybridized carbons (Fsp3) is 0.111. The fourth-order valence-corrected chi connectivity index (χ4v) is 2.44. The van der Waals surface area contributed by atoms with E-state index in [-0.39, 0.29) is 0 Å². The van der Waals surface area contributed by atoms with E-state index < -0.39 is 0 Å². The molecule has 0 unspecified atom stereocenters. The summed E-state index contributed by atoms with van der Waals surface area (Å²) in [7, 11) is 0. The minimum atomic E-state index is 1.00. The van der Waals surface area contributed by atoms with Crippen molar-refractivity contribution in [3.05, 3.63) is 83.4 Å². The Morgan fingerprint density at radius 2 is 1.56 bits per heavy atom. The maximum absolute atomic E-state index is 2.30. The number of aryl methyl sites for hydroxylation is 1. The predicted molar refractivity (Wildman–Crippen MR) is 77.9 cm³/mol. The second-order valence-electron chi connectivity index (χ2n) is 4.79. The van der Waals surface area contributed by atoms with Gasteiger partial charge in [-0.25, -0.2) is 0 Å². The highest BCUT2D eigenvalue weighted by molar-refractivity contribution is 5.86. The molecule has 88 valence electrons. The molecule has 0 aliphatic rings. The zero-order chi connectivity index (χ0) is 12.4. The molecular formula is C18H16. The topological polar surface area (TPSA) is 0 Å². The maximum Gasteiger partial charge on any atom is -0.00256 e. The van der Waals surface area contributed by atoms with Gasteiger partial charge in [-0.05, 0) is 40.8 Å². The molecule has 0 nitrogen and oxygen atoms in total. The predicted octanol–water partition coefficient (Wildman–Crippen LogP) is 4.74. The van der Waals surface area contributed by atoms with Crippen LogP contribution in [0, 0.1) is 6.92 Å². The number of hydrogen-bond acceptors (Lipinski definition) is 0. The Labute approximate surface area is 108 Å². The molecule has 0 spiro atoms. The van der Waals surface area contributed by atoms with Crippen LogP contribution in [-0.2, 0) is 6.42 Å². The molecule has 0 aliphatic heterocycles. The third-order valence-corrected chi connectivity index (χ3v) is 3.41. The summed E-state index contributed by atoms with van der Waals surface area (Å²) >= 11 is 0. The molecule has 3 aromatic carbocycles. The van der Waals surface area contributed by atoms with E-state index >= 15 is 0 Å². The van der Waals surface area contributed by atoms with Gasteiger partial charge >= 0.3 is 0 Å². The van der Waals surface area contributed by atoms with Crippen LogP contribution >= 0.6 is 0 Å². The third kappa shape index (κ3) is 2.14. The number of benzene rings is 3. The fourth-order valence-electron chi connectivity index (χ4n) is 2.44. The van der Waals surface area contributed by atoms with Crippen molar-refractivity contribution in [1.82, 2.24) is 0 Å². The van der Waals surface area contributed by atoms with Crippen LogP contribution in [0.3, 0.4) is 0 Å². The molecule has 0 saturated carbocycles. The van der Waals surface area contributed by atoms with Crippen molar-refractivity contribution in [3.63, 3.8) is 0 Å². The van der Waals surface area contributed by atoms with Crippen LogP contribution in [0.5, 0.6) is 0 Å². The van der Waals surface area contributed by atoms with Crippen LogP contribution in [0.25, 0.3) is 10.8 Å². The quantitative estimate of drug-likeness (QED) is 0.598. The molecule has 0 N–H and O–H groups in total. The van der Waals surface area contributed by atoms with Gasteiger partial charge in [0.05, 0.1) is 0 Å². The average molecular weight is 232 g/mol. The Hall–Kier alpha value is -2.08. The molecule has 0 aliphatic carbocycles. The van der Waals surface area contributed by atoms with Crippen molar-refractivity contribution in [2.24, 2.45) is 0 Å². The van der Waals surface area contributed by atoms with Crippen LogP contribution < -0.4 is 0 Å². The van der Waals surface area contributed by atoms with Gasteiger partial charge in [0.15, 0.2) is 0 Å². The summed E-state index contributed by atoms with van der Waals surface area (Å²) in [6.07, 6.45) is 1.00. The van der Waals surface area contributed by atoms with Gasteiger partial charge in [-0.3, -0.25) is 0 Å². The first-order chi connectivity index (χ1) is 8.83. The van der Waals surface area contributed by atoms with Gasteiger partial charge in [0, 0.05) is 0 Å². The van der Waals surface area contributed by atoms with E-state index in [4.69, 9.17) is 0 Å². The summed E-state index contributed by atoms with van der Waals surface area (Å²) in [5, 5.41) is 2.69. The van der Waals surface area contributed by atoms with E-state index in [1.54, 1.807) is 0 Å². The van der Waals surface area contributed by atoms with Crippen molar-refractivity contribution < 1.29 is 0 Å². The molecule has 0 atom stereocenters. The summed E-state index contributed by atoms with van der Waals surface area (Å²) in [6, 6.07) is 23.9. The molecule has 0 heterocycles. The second kappa shape index (κ2) is 4.66. The zero-order valence-electron chi connectivity index (χ0n) is 10.6. The van der Waals surface area contributed by atoms with Gasteiger partial charge in [-0.15, -0.1) is 0 Å². The second-order valence-corrected chi connectivity index (χ2v) is 4.79. The minimum absolute atomic E-state index is 1.00. The van der Waals surface area contributed by atoms with E-state index in [0.29, 0.717) is 0 Å². The molecular weight excluding hydrogens is 216 g/mol. The molecule has 3 aromatic rings. The molecule has 0 aromatic heterocycles. The van der Waals surface area contributed by atoms with Gasteiger partial charge in [0.1, 0.15) is 0 Å². The van der Waals surface area contributed by atoms with E-state index in [0.717, 1.165) is 6.42 Å². The summed E-state index contributed by atoms with van der Waals surface area (Å²) in [5.74, 6) is 0. The first-order valence-corrected chi connectivity index (χ1v) is 6.35. The summed E-state index contributed by atoms with van der Waals surface area (Å²) < 4.78 is 0. The molecule has 18 heavy (non-hydrogen) atoms. The summed E-state index contributed by atoms with van der Waals surface area (Å²) in [6.45, 7) is 2.17. The van der Waals surface area contributed by atoms with Crippen molar-refractivity contribution in [1.29, 1.82) is 0 Å². The van der Waals surface area contributed by atoms with Crippen LogP contribution in [0.15, 0.2) is 66.7 Å². The first-order valence-electron chi connectivity index (χ1n) is 6.35. The Kier molecular flexibility index (Phi) is 2.85. The molecule has 0 radical (unpaired) electrons. The summed E-state index contributed by atoms with van der Waals surface area (Å²) in [5.41, 5.74) is 4.09. The van der Waals surface area contributed by atoms with Crippen molar-refractivity contribution in [3.8, 4) is 0 Å². The Balaban J connectivity index is 1.99. The Morgan fingerprint density at radius 3 is 2.39 bits per heavy atom. The van der Waals surface area contributed by atoms with Crippen LogP contribution in [0.4, 0.5) is 0 Å². The van der Waals surface area contributed by atoms with Crippen LogP contribution in [0.2, 0.25) is 0 Å². The number of fused-ring (bicyclic) bond motifs is 1. The lowest BCUT2D eigenvalue weighted by atomic mass is 9.99. The van der Waals surface area contributed by atoms with Gasteiger partial charge in [-0.2, -0.15) is 0 Å². The van der Waals surface area contributed by atoms with Crippen molar-refractivity contribution in [2.75, 3.05) is 0 Å². The van der Waals surface area contributed by atoms with Gasteiger partial charge < -0.3 is 0 Å². The van der Waals surface area contributed by atoms with Gasteiger partial charge in [-0.1, -0.05) is 66.7 Å². The standard InChI is InChI=1S/C18H16/c1-14-6-5-9-17-13-16(10-11-18(14)17)12-15-7-3-2-4-8-15/h2-11,13H,12H2,1H3. The van der Waals surface area contributed by atoms with E-state index in [1.807, 2.05) is 0 Å². The highest BCUT2D eigenvalue weighted by Gasteiger charge is 2.00. The lowest BCUT2D eigenvalue weighted by molar-refractivity contribution is 1.20. The van der Waals surface area contributed by atoms with Crippen LogP contribution in [0.1, 0.15) is 16.7 Å². The van der Waals surface area contributed by atoms with Gasteiger partial charge in [0.2, 0.25) is 0 Å². The molecule has 0 bridgehead atoms. The zero-order valence-corrected chi connectivity index (χ0v) is 10.6. The lowest BCUT2D eigenvalue weighted by Gasteiger charge is -2.06. The largest absolute Gasteiger partial charge is 0.0622 e. The Bertz CT molecular complexity index is 666. The molecule has 0 heteroatoms. The molecule has 0 amide bonds. The molecule has 0 fully saturated rings. The van der Waals surface area contributed by atoms with E-state index in [1.165, 1.54) is 27.5 Å². The highest BCUT2D eigenvalue weighted by Crippen LogP contribution is 2.21. The van der Waals surface area contributed by atoms with Crippen LogP contribution in [-0.4, -0.2) is 0 Å². The SMILES string of the molecule is Cc1cccc2cc(Cc3ccccc3)ccc12. The van der Waals surface area contributed by atoms with Gasteiger partial charge in [0.25, 0.3) is 0 Å². The monoisotopic (exact) mass is 232 g/mol. The lowest BCUT2D eigenvalue weighted by Crippen LogP contribution is -1.88. The van der Waals surface area contributed by atoms with Crippen molar-refractivity contribution >= 4 is 10.8 Å². The highest BCUT2D eigenvalue weighted by atomic mass is 14.0. The Morgan fingerprint density at radius 1 is 0.722 bits per heavy atom. The molecule has 3 rings (SSSR count). The number of rotatable bonds is 2. The smallest absolute Gasteiger partial charge is 0.00256 e. The average Bonchev–Trinajstić information content (AvgIpc) is 2.40. The molecule has 0 saturated heterocycles. The normalized spacial score (nSPS) is 10.7. The van der Waals surface area contributed by atoms with E-state index in [9.17, 15) is 0 Å². The first kappa shape index (κ1) is 11.0. The number of hydrogen-bond donors (Lipinski definition) is 0.